The van der Waals surface area contributed by atoms with Crippen LogP contribution in [0.15, 0.2) is 48.5 Å². The molecule has 0 atom stereocenters. The summed E-state index contributed by atoms with van der Waals surface area (Å²) in [6.07, 6.45) is 3.50. The zero-order valence-corrected chi connectivity index (χ0v) is 15.5. The van der Waals surface area contributed by atoms with Crippen LogP contribution in [0.4, 0.5) is 15.9 Å². The van der Waals surface area contributed by atoms with Crippen molar-refractivity contribution in [2.24, 2.45) is 0 Å². The van der Waals surface area contributed by atoms with Crippen LogP contribution in [0.5, 0.6) is 0 Å². The topological polar surface area (TPSA) is 45.2 Å². The minimum atomic E-state index is -0.458. The zero-order valence-electron chi connectivity index (χ0n) is 14.7. The lowest BCUT2D eigenvalue weighted by molar-refractivity contribution is 0.102. The number of benzene rings is 2. The monoisotopic (exact) mass is 383 g/mol. The van der Waals surface area contributed by atoms with Gasteiger partial charge in [-0.1, -0.05) is 23.7 Å². The van der Waals surface area contributed by atoms with Crippen LogP contribution in [-0.4, -0.2) is 24.0 Å². The van der Waals surface area contributed by atoms with E-state index in [1.807, 2.05) is 12.1 Å². The van der Waals surface area contributed by atoms with Gasteiger partial charge in [-0.2, -0.15) is 0 Å². The number of piperidine rings is 1. The highest BCUT2D eigenvalue weighted by Crippen LogP contribution is 2.26. The first-order chi connectivity index (χ1) is 13.1. The number of carbonyl (C=O) groups is 1. The molecule has 1 saturated heterocycles. The van der Waals surface area contributed by atoms with E-state index in [1.165, 1.54) is 12.5 Å². The van der Waals surface area contributed by atoms with E-state index in [4.69, 9.17) is 11.6 Å². The summed E-state index contributed by atoms with van der Waals surface area (Å²) in [5.41, 5.74) is 1.03. The van der Waals surface area contributed by atoms with E-state index in [0.717, 1.165) is 31.7 Å². The van der Waals surface area contributed by atoms with Crippen molar-refractivity contribution in [2.45, 2.75) is 19.3 Å². The molecule has 4 rings (SSSR count). The molecule has 1 N–H and O–H groups in total. The number of amides is 1. The van der Waals surface area contributed by atoms with Crippen molar-refractivity contribution in [3.63, 3.8) is 0 Å². The Labute approximate surface area is 162 Å². The maximum Gasteiger partial charge on any atom is 0.257 e. The Hall–Kier alpha value is -2.66. The van der Waals surface area contributed by atoms with Crippen LogP contribution in [0.1, 0.15) is 29.6 Å². The van der Waals surface area contributed by atoms with Gasteiger partial charge in [-0.3, -0.25) is 4.79 Å². The fraction of sp³-hybridized carbons (Fsp3) is 0.238. The second kappa shape index (κ2) is 7.53. The molecule has 1 amide bonds. The molecule has 0 spiro atoms. The van der Waals surface area contributed by atoms with Crippen LogP contribution < -0.4 is 10.2 Å². The molecule has 6 heteroatoms. The van der Waals surface area contributed by atoms with Crippen molar-refractivity contribution in [1.82, 2.24) is 4.98 Å². The highest BCUT2D eigenvalue weighted by molar-refractivity contribution is 6.34. The van der Waals surface area contributed by atoms with Gasteiger partial charge < -0.3 is 10.2 Å². The fourth-order valence-electron chi connectivity index (χ4n) is 3.40. The lowest BCUT2D eigenvalue weighted by Crippen LogP contribution is -2.30. The Kier molecular flexibility index (Phi) is 4.94. The van der Waals surface area contributed by atoms with Crippen LogP contribution in [-0.2, 0) is 0 Å². The summed E-state index contributed by atoms with van der Waals surface area (Å²) in [6, 6.07) is 13.5. The first-order valence-electron chi connectivity index (χ1n) is 9.03. The molecule has 1 aliphatic rings. The summed E-state index contributed by atoms with van der Waals surface area (Å²) < 4.78 is 14.7. The third-order valence-electron chi connectivity index (χ3n) is 4.79. The van der Waals surface area contributed by atoms with E-state index in [0.29, 0.717) is 27.2 Å². The number of anilines is 2. The van der Waals surface area contributed by atoms with Crippen LogP contribution in [0, 0.1) is 5.82 Å². The van der Waals surface area contributed by atoms with Crippen molar-refractivity contribution in [3.8, 4) is 0 Å². The molecule has 4 nitrogen and oxygen atoms in total. The average molecular weight is 384 g/mol. The Morgan fingerprint density at radius 1 is 1.07 bits per heavy atom. The van der Waals surface area contributed by atoms with Crippen molar-refractivity contribution < 1.29 is 9.18 Å². The fourth-order valence-corrected chi connectivity index (χ4v) is 3.62. The summed E-state index contributed by atoms with van der Waals surface area (Å²) in [7, 11) is 0. The van der Waals surface area contributed by atoms with Crippen LogP contribution in [0.2, 0.25) is 5.02 Å². The lowest BCUT2D eigenvalue weighted by atomic mass is 10.1. The number of halogens is 2. The highest BCUT2D eigenvalue weighted by Gasteiger charge is 2.15. The number of hydrogen-bond acceptors (Lipinski definition) is 3. The lowest BCUT2D eigenvalue weighted by Gasteiger charge is -2.27. The zero-order chi connectivity index (χ0) is 18.8. The quantitative estimate of drug-likeness (QED) is 0.670. The van der Waals surface area contributed by atoms with E-state index in [-0.39, 0.29) is 5.91 Å². The van der Waals surface area contributed by atoms with Gasteiger partial charge in [0.1, 0.15) is 11.3 Å². The molecule has 3 aromatic rings. The molecule has 2 heterocycles. The molecule has 27 heavy (non-hydrogen) atoms. The van der Waals surface area contributed by atoms with Gasteiger partial charge in [0, 0.05) is 24.2 Å². The minimum Gasteiger partial charge on any atom is -0.357 e. The number of carbonyl (C=O) groups excluding carboxylic acids is 1. The van der Waals surface area contributed by atoms with E-state index in [2.05, 4.69) is 15.2 Å². The number of hydrogen-bond donors (Lipinski definition) is 1. The number of aromatic nitrogens is 1. The van der Waals surface area contributed by atoms with E-state index in [9.17, 15) is 9.18 Å². The molecule has 2 aromatic carbocycles. The SMILES string of the molecule is O=C(Nc1cc(F)c2nc(N3CCCCC3)ccc2c1)c1ccccc1Cl. The van der Waals surface area contributed by atoms with Gasteiger partial charge in [0.2, 0.25) is 0 Å². The Morgan fingerprint density at radius 2 is 1.85 bits per heavy atom. The smallest absolute Gasteiger partial charge is 0.257 e. The van der Waals surface area contributed by atoms with Crippen molar-refractivity contribution >= 4 is 39.9 Å². The summed E-state index contributed by atoms with van der Waals surface area (Å²) in [4.78, 5) is 19.1. The maximum atomic E-state index is 14.7. The predicted octanol–water partition coefficient (Wildman–Crippen LogP) is 5.27. The number of nitrogens with zero attached hydrogens (tertiary/aromatic N) is 2. The Bertz CT molecular complexity index is 1000. The maximum absolute atomic E-state index is 14.7. The van der Waals surface area contributed by atoms with Crippen LogP contribution >= 0.6 is 11.6 Å². The molecule has 0 aliphatic carbocycles. The van der Waals surface area contributed by atoms with E-state index >= 15 is 0 Å². The van der Waals surface area contributed by atoms with Crippen LogP contribution in [0.25, 0.3) is 10.9 Å². The molecular formula is C21H19ClFN3O. The first-order valence-corrected chi connectivity index (χ1v) is 9.41. The van der Waals surface area contributed by atoms with Gasteiger partial charge >= 0.3 is 0 Å². The molecule has 1 aliphatic heterocycles. The molecule has 0 radical (unpaired) electrons. The van der Waals surface area contributed by atoms with Gasteiger partial charge in [0.15, 0.2) is 5.82 Å². The molecule has 0 saturated carbocycles. The number of fused-ring (bicyclic) bond motifs is 1. The molecular weight excluding hydrogens is 365 g/mol. The van der Waals surface area contributed by atoms with Crippen molar-refractivity contribution in [3.05, 3.63) is 64.9 Å². The summed E-state index contributed by atoms with van der Waals surface area (Å²) in [5, 5.41) is 3.70. The largest absolute Gasteiger partial charge is 0.357 e. The Balaban J connectivity index is 1.62. The van der Waals surface area contributed by atoms with Crippen molar-refractivity contribution in [1.29, 1.82) is 0 Å². The number of nitrogens with one attached hydrogen (secondary N) is 1. The minimum absolute atomic E-state index is 0.314. The highest BCUT2D eigenvalue weighted by atomic mass is 35.5. The molecule has 0 unspecified atom stereocenters. The molecule has 1 aromatic heterocycles. The second-order valence-electron chi connectivity index (χ2n) is 6.68. The number of pyridine rings is 1. The van der Waals surface area contributed by atoms with Gasteiger partial charge in [0.05, 0.1) is 10.6 Å². The predicted molar refractivity (Wildman–Crippen MR) is 107 cm³/mol. The third-order valence-corrected chi connectivity index (χ3v) is 5.12. The summed E-state index contributed by atoms with van der Waals surface area (Å²) >= 11 is 6.05. The van der Waals surface area contributed by atoms with Gasteiger partial charge in [-0.25, -0.2) is 9.37 Å². The first kappa shape index (κ1) is 17.7. The van der Waals surface area contributed by atoms with Gasteiger partial charge in [0.25, 0.3) is 5.91 Å². The Morgan fingerprint density at radius 3 is 2.63 bits per heavy atom. The summed E-state index contributed by atoms with van der Waals surface area (Å²) in [6.45, 7) is 1.90. The van der Waals surface area contributed by atoms with Crippen LogP contribution in [0.3, 0.4) is 0 Å². The van der Waals surface area contributed by atoms with Gasteiger partial charge in [-0.15, -0.1) is 0 Å². The second-order valence-corrected chi connectivity index (χ2v) is 7.09. The summed E-state index contributed by atoms with van der Waals surface area (Å²) in [5.74, 6) is -0.0352. The van der Waals surface area contributed by atoms with Crippen molar-refractivity contribution in [2.75, 3.05) is 23.3 Å². The van der Waals surface area contributed by atoms with E-state index in [1.54, 1.807) is 30.3 Å². The number of rotatable bonds is 3. The molecule has 1 fully saturated rings. The molecule has 138 valence electrons. The molecule has 0 bridgehead atoms. The van der Waals surface area contributed by atoms with E-state index < -0.39 is 5.82 Å². The standard InChI is InChI=1S/C21H19ClFN3O/c22-17-7-3-2-6-16(17)21(27)24-15-12-14-8-9-19(25-20(14)18(23)13-15)26-10-4-1-5-11-26/h2-3,6-9,12-13H,1,4-5,10-11H2,(H,24,27). The normalized spacial score (nSPS) is 14.4. The average Bonchev–Trinajstić information content (AvgIpc) is 2.69. The van der Waals surface area contributed by atoms with Gasteiger partial charge in [-0.05, 0) is 55.7 Å². The third kappa shape index (κ3) is 3.74.